The van der Waals surface area contributed by atoms with Crippen LogP contribution in [0.1, 0.15) is 0 Å². The second kappa shape index (κ2) is 3.47. The molecule has 0 saturated heterocycles. The number of nitrogens with one attached hydrogen (secondary N) is 1. The fourth-order valence-electron chi connectivity index (χ4n) is 0.232. The smallest absolute Gasteiger partial charge is 0.344 e. The van der Waals surface area contributed by atoms with E-state index in [0.29, 0.717) is 0 Å². The van der Waals surface area contributed by atoms with Crippen LogP contribution in [0.15, 0.2) is 11.6 Å². The minimum atomic E-state index is 0. The normalized spacial score (nSPS) is 7.43. The standard InChI is InChI=1S/C3H3NS2.Zn/c5-3-4-1-2-6-3;/h1-2H,(H,4,5);/q;+2. The summed E-state index contributed by atoms with van der Waals surface area (Å²) in [4.78, 5) is 2.83. The van der Waals surface area contributed by atoms with Crippen LogP contribution in [-0.2, 0) is 19.5 Å². The Balaban J connectivity index is 0.000000360. The maximum atomic E-state index is 4.71. The summed E-state index contributed by atoms with van der Waals surface area (Å²) in [6, 6.07) is 0. The molecular weight excluding hydrogens is 180 g/mol. The van der Waals surface area contributed by atoms with Gasteiger partial charge in [-0.2, -0.15) is 0 Å². The van der Waals surface area contributed by atoms with Gasteiger partial charge in [-0.25, -0.2) is 0 Å². The molecule has 0 aromatic carbocycles. The van der Waals surface area contributed by atoms with Gasteiger partial charge in [0.1, 0.15) is 0 Å². The van der Waals surface area contributed by atoms with Crippen LogP contribution < -0.4 is 0 Å². The molecule has 1 nitrogen and oxygen atoms in total. The van der Waals surface area contributed by atoms with Crippen molar-refractivity contribution in [2.24, 2.45) is 0 Å². The topological polar surface area (TPSA) is 15.8 Å². The summed E-state index contributed by atoms with van der Waals surface area (Å²) in [5, 5.41) is 1.92. The summed E-state index contributed by atoms with van der Waals surface area (Å²) in [7, 11) is 0. The van der Waals surface area contributed by atoms with E-state index in [-0.39, 0.29) is 19.5 Å². The van der Waals surface area contributed by atoms with Gasteiger partial charge in [0.15, 0.2) is 3.95 Å². The summed E-state index contributed by atoms with van der Waals surface area (Å²) < 4.78 is 0.843. The molecule has 0 aliphatic carbocycles. The zero-order valence-corrected chi connectivity index (χ0v) is 8.28. The number of thiazole rings is 1. The first-order valence-corrected chi connectivity index (χ1v) is 2.80. The first kappa shape index (κ1) is 7.47. The zero-order valence-electron chi connectivity index (χ0n) is 3.68. The molecule has 0 saturated carbocycles. The molecule has 1 rings (SSSR count). The quantitative estimate of drug-likeness (QED) is 0.478. The van der Waals surface area contributed by atoms with Gasteiger partial charge in [-0.1, -0.05) is 0 Å². The summed E-state index contributed by atoms with van der Waals surface area (Å²) in [6.45, 7) is 0. The van der Waals surface area contributed by atoms with Crippen molar-refractivity contribution < 1.29 is 19.5 Å². The molecule has 1 N–H and O–H groups in total. The van der Waals surface area contributed by atoms with Crippen LogP contribution in [0.2, 0.25) is 0 Å². The van der Waals surface area contributed by atoms with Crippen LogP contribution in [-0.4, -0.2) is 4.98 Å². The van der Waals surface area contributed by atoms with Gasteiger partial charge in [-0.15, -0.1) is 11.3 Å². The Morgan fingerprint density at radius 3 is 2.57 bits per heavy atom. The molecule has 0 atom stereocenters. The molecule has 0 amide bonds. The third-order valence-corrected chi connectivity index (χ3v) is 1.45. The molecule has 4 heteroatoms. The van der Waals surface area contributed by atoms with Gasteiger partial charge < -0.3 is 4.98 Å². The molecule has 0 unspecified atom stereocenters. The molecule has 0 aliphatic heterocycles. The predicted octanol–water partition coefficient (Wildman–Crippen LogP) is 1.80. The molecule has 0 bridgehead atoms. The van der Waals surface area contributed by atoms with Crippen molar-refractivity contribution in [2.45, 2.75) is 0 Å². The van der Waals surface area contributed by atoms with Gasteiger partial charge in [0.05, 0.1) is 0 Å². The number of aromatic amines is 1. The van der Waals surface area contributed by atoms with E-state index in [2.05, 4.69) is 4.98 Å². The Bertz CT molecular complexity index is 151. The first-order chi connectivity index (χ1) is 2.89. The molecule has 0 radical (unpaired) electrons. The number of hydrogen-bond acceptors (Lipinski definition) is 2. The van der Waals surface area contributed by atoms with Crippen molar-refractivity contribution in [3.63, 3.8) is 0 Å². The number of H-pyrrole nitrogens is 1. The number of aromatic nitrogens is 1. The van der Waals surface area contributed by atoms with E-state index in [9.17, 15) is 0 Å². The van der Waals surface area contributed by atoms with E-state index in [4.69, 9.17) is 12.2 Å². The van der Waals surface area contributed by atoms with E-state index >= 15 is 0 Å². The monoisotopic (exact) mass is 181 g/mol. The summed E-state index contributed by atoms with van der Waals surface area (Å²) in [5.74, 6) is 0. The van der Waals surface area contributed by atoms with Gasteiger partial charge >= 0.3 is 19.5 Å². The molecule has 0 aliphatic rings. The van der Waals surface area contributed by atoms with Gasteiger partial charge in [0.2, 0.25) is 0 Å². The summed E-state index contributed by atoms with van der Waals surface area (Å²) in [6.07, 6.45) is 1.83. The molecule has 0 fully saturated rings. The minimum Gasteiger partial charge on any atom is -0.344 e. The van der Waals surface area contributed by atoms with Crippen molar-refractivity contribution >= 4 is 23.6 Å². The number of hydrogen-bond donors (Lipinski definition) is 1. The van der Waals surface area contributed by atoms with Crippen LogP contribution in [0.3, 0.4) is 0 Å². The molecular formula is C3H3NS2Zn+2. The fraction of sp³-hybridized carbons (Fsp3) is 0. The third-order valence-electron chi connectivity index (χ3n) is 0.444. The summed E-state index contributed by atoms with van der Waals surface area (Å²) >= 11 is 6.25. The molecule has 7 heavy (non-hydrogen) atoms. The van der Waals surface area contributed by atoms with Crippen molar-refractivity contribution in [1.82, 2.24) is 4.98 Å². The molecule has 1 aromatic heterocycles. The average molecular weight is 183 g/mol. The van der Waals surface area contributed by atoms with Crippen LogP contribution in [0.5, 0.6) is 0 Å². The molecule has 1 heterocycles. The van der Waals surface area contributed by atoms with Crippen molar-refractivity contribution in [2.75, 3.05) is 0 Å². The van der Waals surface area contributed by atoms with E-state index in [0.717, 1.165) is 3.95 Å². The van der Waals surface area contributed by atoms with Gasteiger partial charge in [0, 0.05) is 11.6 Å². The summed E-state index contributed by atoms with van der Waals surface area (Å²) in [5.41, 5.74) is 0. The van der Waals surface area contributed by atoms with E-state index < -0.39 is 0 Å². The van der Waals surface area contributed by atoms with Gasteiger partial charge in [-0.3, -0.25) is 0 Å². The Labute approximate surface area is 63.5 Å². The third kappa shape index (κ3) is 2.32. The predicted molar refractivity (Wildman–Crippen MR) is 29.5 cm³/mol. The Morgan fingerprint density at radius 1 is 1.71 bits per heavy atom. The van der Waals surface area contributed by atoms with Crippen molar-refractivity contribution in [3.8, 4) is 0 Å². The van der Waals surface area contributed by atoms with Gasteiger partial charge in [0.25, 0.3) is 0 Å². The SMILES string of the molecule is S=c1[nH]ccs1.[Zn+2]. The van der Waals surface area contributed by atoms with Gasteiger partial charge in [-0.05, 0) is 12.2 Å². The zero-order chi connectivity index (χ0) is 4.41. The fourth-order valence-corrected chi connectivity index (χ4v) is 0.862. The Kier molecular flexibility index (Phi) is 3.71. The molecule has 0 spiro atoms. The Hall–Kier alpha value is 0.473. The van der Waals surface area contributed by atoms with Crippen LogP contribution in [0, 0.1) is 3.95 Å². The maximum absolute atomic E-state index is 4.71. The van der Waals surface area contributed by atoms with Crippen molar-refractivity contribution in [3.05, 3.63) is 15.5 Å². The minimum absolute atomic E-state index is 0. The maximum Gasteiger partial charge on any atom is 2.00 e. The molecule has 32 valence electrons. The number of rotatable bonds is 0. The second-order valence-corrected chi connectivity index (χ2v) is 2.44. The average Bonchev–Trinajstić information content (AvgIpc) is 1.86. The largest absolute Gasteiger partial charge is 2.00 e. The van der Waals surface area contributed by atoms with Crippen LogP contribution >= 0.6 is 23.6 Å². The van der Waals surface area contributed by atoms with E-state index in [1.165, 1.54) is 11.3 Å². The van der Waals surface area contributed by atoms with Crippen LogP contribution in [0.4, 0.5) is 0 Å². The van der Waals surface area contributed by atoms with E-state index in [1.54, 1.807) is 0 Å². The second-order valence-electron chi connectivity index (χ2n) is 0.852. The Morgan fingerprint density at radius 2 is 2.43 bits per heavy atom. The van der Waals surface area contributed by atoms with Crippen molar-refractivity contribution in [1.29, 1.82) is 0 Å². The van der Waals surface area contributed by atoms with E-state index in [1.807, 2.05) is 11.6 Å². The molecule has 1 aromatic rings. The van der Waals surface area contributed by atoms with Crippen LogP contribution in [0.25, 0.3) is 0 Å². The first-order valence-electron chi connectivity index (χ1n) is 1.52.